The molecular weight excluding hydrogens is 438 g/mol. The molecule has 2 aromatic rings. The van der Waals surface area contributed by atoms with E-state index in [1.807, 2.05) is 18.2 Å². The second-order valence-electron chi connectivity index (χ2n) is 8.85. The van der Waals surface area contributed by atoms with Gasteiger partial charge < -0.3 is 10.2 Å². The van der Waals surface area contributed by atoms with Gasteiger partial charge in [0.25, 0.3) is 0 Å². The highest BCUT2D eigenvalue weighted by molar-refractivity contribution is 7.89. The number of nitrogens with one attached hydrogen (secondary N) is 1. The zero-order valence-electron chi connectivity index (χ0n) is 19.2. The standard InChI is InChI=1S/C25H31N3O4S/c1-3-27(4-2)33(31,32)22-12-10-21(11-13-22)28-17-19(16-23(28)29)24(30)26-18-25(14-15-25)20-8-6-5-7-9-20/h5-13,19H,3-4,14-18H2,1-2H3,(H,26,30)/t19-/m0/s1. The van der Waals surface area contributed by atoms with Crippen LogP contribution in [-0.2, 0) is 25.0 Å². The largest absolute Gasteiger partial charge is 0.355 e. The number of sulfonamides is 1. The van der Waals surface area contributed by atoms with Gasteiger partial charge in [0.15, 0.2) is 0 Å². The molecule has 1 aliphatic heterocycles. The molecule has 1 heterocycles. The van der Waals surface area contributed by atoms with E-state index in [2.05, 4.69) is 17.4 Å². The molecule has 1 saturated heterocycles. The Kier molecular flexibility index (Phi) is 6.59. The Bertz CT molecular complexity index is 1110. The number of hydrogen-bond acceptors (Lipinski definition) is 4. The Labute approximate surface area is 195 Å². The van der Waals surface area contributed by atoms with Gasteiger partial charge in [0.05, 0.1) is 10.8 Å². The SMILES string of the molecule is CCN(CC)S(=O)(=O)c1ccc(N2C[C@@H](C(=O)NCC3(c4ccccc4)CC3)CC2=O)cc1. The minimum Gasteiger partial charge on any atom is -0.355 e. The van der Waals surface area contributed by atoms with Gasteiger partial charge in [0.1, 0.15) is 0 Å². The predicted octanol–water partition coefficient (Wildman–Crippen LogP) is 2.92. The quantitative estimate of drug-likeness (QED) is 0.612. The monoisotopic (exact) mass is 469 g/mol. The molecular formula is C25H31N3O4S. The summed E-state index contributed by atoms with van der Waals surface area (Å²) >= 11 is 0. The summed E-state index contributed by atoms with van der Waals surface area (Å²) in [5, 5.41) is 3.07. The Morgan fingerprint density at radius 3 is 2.27 bits per heavy atom. The second-order valence-corrected chi connectivity index (χ2v) is 10.8. The lowest BCUT2D eigenvalue weighted by Gasteiger charge is -2.20. The van der Waals surface area contributed by atoms with E-state index in [1.165, 1.54) is 22.0 Å². The first-order chi connectivity index (χ1) is 15.8. The molecule has 0 spiro atoms. The minimum atomic E-state index is -3.55. The molecule has 0 aromatic heterocycles. The molecule has 1 N–H and O–H groups in total. The topological polar surface area (TPSA) is 86.8 Å². The molecule has 4 rings (SSSR count). The fourth-order valence-corrected chi connectivity index (χ4v) is 6.01. The third kappa shape index (κ3) is 4.68. The normalized spacial score (nSPS) is 19.7. The van der Waals surface area contributed by atoms with Crippen LogP contribution in [0.1, 0.15) is 38.7 Å². The molecule has 7 nitrogen and oxygen atoms in total. The zero-order chi connectivity index (χ0) is 23.6. The van der Waals surface area contributed by atoms with Gasteiger partial charge in [0.2, 0.25) is 21.8 Å². The number of rotatable bonds is 9. The summed E-state index contributed by atoms with van der Waals surface area (Å²) in [6, 6.07) is 16.6. The van der Waals surface area contributed by atoms with Crippen LogP contribution in [0.4, 0.5) is 5.69 Å². The second kappa shape index (κ2) is 9.27. The lowest BCUT2D eigenvalue weighted by molar-refractivity contribution is -0.126. The third-order valence-corrected chi connectivity index (χ3v) is 8.89. The number of anilines is 1. The van der Waals surface area contributed by atoms with Crippen molar-refractivity contribution >= 4 is 27.5 Å². The van der Waals surface area contributed by atoms with Crippen molar-refractivity contribution in [2.24, 2.45) is 5.92 Å². The molecule has 0 bridgehead atoms. The molecule has 1 atom stereocenters. The summed E-state index contributed by atoms with van der Waals surface area (Å²) in [5.41, 5.74) is 1.87. The van der Waals surface area contributed by atoms with Crippen LogP contribution in [0.3, 0.4) is 0 Å². The van der Waals surface area contributed by atoms with Crippen molar-refractivity contribution in [2.75, 3.05) is 31.1 Å². The minimum absolute atomic E-state index is 0.0193. The van der Waals surface area contributed by atoms with Crippen molar-refractivity contribution in [1.29, 1.82) is 0 Å². The van der Waals surface area contributed by atoms with Gasteiger partial charge in [-0.05, 0) is 42.7 Å². The number of nitrogens with zero attached hydrogens (tertiary/aromatic N) is 2. The average molecular weight is 470 g/mol. The highest BCUT2D eigenvalue weighted by atomic mass is 32.2. The summed E-state index contributed by atoms with van der Waals surface area (Å²) < 4.78 is 26.8. The van der Waals surface area contributed by atoms with Crippen LogP contribution in [0.15, 0.2) is 59.5 Å². The van der Waals surface area contributed by atoms with Crippen LogP contribution < -0.4 is 10.2 Å². The van der Waals surface area contributed by atoms with E-state index in [1.54, 1.807) is 30.9 Å². The smallest absolute Gasteiger partial charge is 0.243 e. The summed E-state index contributed by atoms with van der Waals surface area (Å²) in [6.07, 6.45) is 2.26. The molecule has 33 heavy (non-hydrogen) atoms. The first-order valence-electron chi connectivity index (χ1n) is 11.5. The van der Waals surface area contributed by atoms with Crippen molar-refractivity contribution in [2.45, 2.75) is 43.4 Å². The number of hydrogen-bond donors (Lipinski definition) is 1. The maximum Gasteiger partial charge on any atom is 0.243 e. The highest BCUT2D eigenvalue weighted by Crippen LogP contribution is 2.47. The van der Waals surface area contributed by atoms with Crippen molar-refractivity contribution in [1.82, 2.24) is 9.62 Å². The number of amides is 2. The fourth-order valence-electron chi connectivity index (χ4n) is 4.55. The number of benzene rings is 2. The molecule has 8 heteroatoms. The Hall–Kier alpha value is -2.71. The first kappa shape index (κ1) is 23.4. The lowest BCUT2D eigenvalue weighted by atomic mass is 9.95. The van der Waals surface area contributed by atoms with E-state index >= 15 is 0 Å². The lowest BCUT2D eigenvalue weighted by Crippen LogP contribution is -2.37. The van der Waals surface area contributed by atoms with Gasteiger partial charge >= 0.3 is 0 Å². The van der Waals surface area contributed by atoms with E-state index in [0.29, 0.717) is 31.9 Å². The van der Waals surface area contributed by atoms with E-state index in [0.717, 1.165) is 12.8 Å². The molecule has 2 fully saturated rings. The summed E-state index contributed by atoms with van der Waals surface area (Å²) in [5.74, 6) is -0.643. The van der Waals surface area contributed by atoms with Crippen LogP contribution in [0.2, 0.25) is 0 Å². The van der Waals surface area contributed by atoms with Crippen molar-refractivity contribution in [3.8, 4) is 0 Å². The molecule has 2 amide bonds. The van der Waals surface area contributed by atoms with Gasteiger partial charge in [0, 0.05) is 43.7 Å². The van der Waals surface area contributed by atoms with E-state index < -0.39 is 15.9 Å². The predicted molar refractivity (Wildman–Crippen MR) is 127 cm³/mol. The molecule has 1 saturated carbocycles. The Morgan fingerprint density at radius 2 is 1.70 bits per heavy atom. The summed E-state index contributed by atoms with van der Waals surface area (Å²) in [6.45, 7) is 5.27. The molecule has 2 aliphatic rings. The van der Waals surface area contributed by atoms with Crippen molar-refractivity contribution in [3.63, 3.8) is 0 Å². The Morgan fingerprint density at radius 1 is 1.06 bits per heavy atom. The van der Waals surface area contributed by atoms with Crippen LogP contribution >= 0.6 is 0 Å². The van der Waals surface area contributed by atoms with Crippen LogP contribution in [0.5, 0.6) is 0 Å². The van der Waals surface area contributed by atoms with Gasteiger partial charge in [-0.1, -0.05) is 44.2 Å². The van der Waals surface area contributed by atoms with Crippen LogP contribution in [0, 0.1) is 5.92 Å². The molecule has 0 unspecified atom stereocenters. The molecule has 2 aromatic carbocycles. The number of carbonyl (C=O) groups is 2. The Balaban J connectivity index is 1.39. The van der Waals surface area contributed by atoms with Gasteiger partial charge in [-0.3, -0.25) is 9.59 Å². The van der Waals surface area contributed by atoms with E-state index in [9.17, 15) is 18.0 Å². The maximum atomic E-state index is 12.8. The van der Waals surface area contributed by atoms with Gasteiger partial charge in [-0.15, -0.1) is 0 Å². The fraction of sp³-hybridized carbons (Fsp3) is 0.440. The van der Waals surface area contributed by atoms with Crippen molar-refractivity contribution in [3.05, 3.63) is 60.2 Å². The van der Waals surface area contributed by atoms with Crippen LogP contribution in [0.25, 0.3) is 0 Å². The molecule has 1 aliphatic carbocycles. The van der Waals surface area contributed by atoms with E-state index in [4.69, 9.17) is 0 Å². The van der Waals surface area contributed by atoms with Gasteiger partial charge in [-0.2, -0.15) is 4.31 Å². The summed E-state index contributed by atoms with van der Waals surface area (Å²) in [7, 11) is -3.55. The average Bonchev–Trinajstić information content (AvgIpc) is 3.53. The third-order valence-electron chi connectivity index (χ3n) is 6.83. The first-order valence-corrected chi connectivity index (χ1v) is 13.0. The summed E-state index contributed by atoms with van der Waals surface area (Å²) in [4.78, 5) is 27.2. The molecule has 0 radical (unpaired) electrons. The number of carbonyl (C=O) groups excluding carboxylic acids is 2. The van der Waals surface area contributed by atoms with Crippen molar-refractivity contribution < 1.29 is 18.0 Å². The van der Waals surface area contributed by atoms with Crippen LogP contribution in [-0.4, -0.2) is 50.7 Å². The highest BCUT2D eigenvalue weighted by Gasteiger charge is 2.45. The molecule has 176 valence electrons. The maximum absolute atomic E-state index is 12.8. The zero-order valence-corrected chi connectivity index (χ0v) is 20.0. The van der Waals surface area contributed by atoms with E-state index in [-0.39, 0.29) is 28.5 Å². The van der Waals surface area contributed by atoms with Gasteiger partial charge in [-0.25, -0.2) is 8.42 Å².